The molecule has 2 N–H and O–H groups in total. The summed E-state index contributed by atoms with van der Waals surface area (Å²) in [6, 6.07) is 12.0. The maximum absolute atomic E-state index is 6.25. The van der Waals surface area contributed by atoms with E-state index in [0.29, 0.717) is 0 Å². The molecule has 2 aliphatic rings. The number of piperazine rings is 1. The van der Waals surface area contributed by atoms with E-state index in [0.717, 1.165) is 64.1 Å². The molecule has 4 rings (SSSR count). The minimum absolute atomic E-state index is 0.723. The van der Waals surface area contributed by atoms with E-state index in [1.807, 2.05) is 36.4 Å². The molecule has 0 bridgehead atoms. The number of nitrogens with zero attached hydrogens (tertiary/aromatic N) is 2. The molecule has 2 heterocycles. The maximum atomic E-state index is 6.25. The van der Waals surface area contributed by atoms with Crippen LogP contribution >= 0.6 is 27.5 Å². The van der Waals surface area contributed by atoms with Gasteiger partial charge in [0, 0.05) is 46.9 Å². The van der Waals surface area contributed by atoms with Gasteiger partial charge in [0.15, 0.2) is 0 Å². The first-order chi connectivity index (χ1) is 11.2. The largest absolute Gasteiger partial charge is 0.353 e. The predicted octanol–water partition coefficient (Wildman–Crippen LogP) is 4.14. The number of amidine groups is 1. The van der Waals surface area contributed by atoms with Gasteiger partial charge >= 0.3 is 0 Å². The average molecular weight is 392 g/mol. The second-order valence-corrected chi connectivity index (χ2v) is 7.00. The van der Waals surface area contributed by atoms with Crippen molar-refractivity contribution in [1.29, 1.82) is 0 Å². The van der Waals surface area contributed by atoms with Crippen molar-refractivity contribution >= 4 is 50.4 Å². The molecule has 0 aliphatic carbocycles. The second-order valence-electron chi connectivity index (χ2n) is 5.65. The minimum atomic E-state index is 0.723. The summed E-state index contributed by atoms with van der Waals surface area (Å²) in [6.07, 6.45) is 0. The van der Waals surface area contributed by atoms with E-state index in [4.69, 9.17) is 16.6 Å². The molecule has 118 valence electrons. The summed E-state index contributed by atoms with van der Waals surface area (Å²) in [5.41, 5.74) is 4.02. The van der Waals surface area contributed by atoms with Gasteiger partial charge < -0.3 is 15.5 Å². The first kappa shape index (κ1) is 15.0. The lowest BCUT2D eigenvalue weighted by Crippen LogP contribution is -2.46. The van der Waals surface area contributed by atoms with Crippen molar-refractivity contribution in [1.82, 2.24) is 10.2 Å². The van der Waals surface area contributed by atoms with Crippen molar-refractivity contribution in [3.05, 3.63) is 51.5 Å². The molecule has 23 heavy (non-hydrogen) atoms. The lowest BCUT2D eigenvalue weighted by atomic mass is 10.1. The quantitative estimate of drug-likeness (QED) is 0.709. The molecule has 6 heteroatoms. The molecule has 1 fully saturated rings. The van der Waals surface area contributed by atoms with E-state index >= 15 is 0 Å². The minimum Gasteiger partial charge on any atom is -0.353 e. The van der Waals surface area contributed by atoms with Crippen LogP contribution in [0.25, 0.3) is 0 Å². The van der Waals surface area contributed by atoms with Gasteiger partial charge in [-0.05, 0) is 36.4 Å². The lowest BCUT2D eigenvalue weighted by Gasteiger charge is -2.30. The van der Waals surface area contributed by atoms with Crippen molar-refractivity contribution < 1.29 is 0 Å². The van der Waals surface area contributed by atoms with Crippen LogP contribution in [0.2, 0.25) is 5.02 Å². The molecule has 1 saturated heterocycles. The fraction of sp³-hybridized carbons (Fsp3) is 0.235. The van der Waals surface area contributed by atoms with Crippen molar-refractivity contribution in [3.63, 3.8) is 0 Å². The third-order valence-corrected chi connectivity index (χ3v) is 4.82. The van der Waals surface area contributed by atoms with Crippen LogP contribution in [0, 0.1) is 0 Å². The molecule has 2 aliphatic heterocycles. The zero-order valence-electron chi connectivity index (χ0n) is 12.4. The maximum Gasteiger partial charge on any atom is 0.138 e. The summed E-state index contributed by atoms with van der Waals surface area (Å²) in [4.78, 5) is 7.29. The predicted molar refractivity (Wildman–Crippen MR) is 99.5 cm³/mol. The summed E-state index contributed by atoms with van der Waals surface area (Å²) in [5.74, 6) is 0.980. The molecular weight excluding hydrogens is 376 g/mol. The number of aliphatic imine (C=N–C) groups is 1. The van der Waals surface area contributed by atoms with Crippen LogP contribution in [0.5, 0.6) is 0 Å². The Morgan fingerprint density at radius 2 is 1.83 bits per heavy atom. The highest BCUT2D eigenvalue weighted by molar-refractivity contribution is 9.10. The second kappa shape index (κ2) is 6.15. The molecule has 4 nitrogen and oxygen atoms in total. The zero-order chi connectivity index (χ0) is 15.8. The monoisotopic (exact) mass is 390 g/mol. The van der Waals surface area contributed by atoms with Crippen LogP contribution in [-0.2, 0) is 0 Å². The van der Waals surface area contributed by atoms with Crippen LogP contribution < -0.4 is 10.6 Å². The van der Waals surface area contributed by atoms with Crippen molar-refractivity contribution in [2.45, 2.75) is 0 Å². The SMILES string of the molecule is Clc1ccc2c(c1)C(N1CCNCC1)=Nc1cc(Br)ccc1N2. The normalized spacial score (nSPS) is 16.8. The molecule has 0 saturated carbocycles. The van der Waals surface area contributed by atoms with E-state index in [-0.39, 0.29) is 0 Å². The fourth-order valence-electron chi connectivity index (χ4n) is 2.95. The van der Waals surface area contributed by atoms with Gasteiger partial charge in [-0.15, -0.1) is 0 Å². The van der Waals surface area contributed by atoms with Crippen LogP contribution in [0.3, 0.4) is 0 Å². The number of hydrogen-bond acceptors (Lipinski definition) is 4. The van der Waals surface area contributed by atoms with Gasteiger partial charge in [0.25, 0.3) is 0 Å². The van der Waals surface area contributed by atoms with Gasteiger partial charge in [-0.2, -0.15) is 0 Å². The van der Waals surface area contributed by atoms with Crippen molar-refractivity contribution in [3.8, 4) is 0 Å². The molecule has 0 spiro atoms. The van der Waals surface area contributed by atoms with Crippen LogP contribution in [0.4, 0.5) is 17.1 Å². The summed E-state index contributed by atoms with van der Waals surface area (Å²) < 4.78 is 1.02. The Morgan fingerprint density at radius 1 is 1.04 bits per heavy atom. The van der Waals surface area contributed by atoms with Gasteiger partial charge in [-0.25, -0.2) is 4.99 Å². The molecule has 2 aromatic rings. The number of halogens is 2. The fourth-order valence-corrected chi connectivity index (χ4v) is 3.47. The molecule has 0 amide bonds. The number of benzene rings is 2. The Morgan fingerprint density at radius 3 is 2.65 bits per heavy atom. The Hall–Kier alpha value is -1.56. The Balaban J connectivity index is 1.89. The third kappa shape index (κ3) is 2.96. The molecule has 0 aromatic heterocycles. The third-order valence-electron chi connectivity index (χ3n) is 4.09. The van der Waals surface area contributed by atoms with Crippen LogP contribution in [0.15, 0.2) is 45.9 Å². The molecule has 0 unspecified atom stereocenters. The van der Waals surface area contributed by atoms with Crippen molar-refractivity contribution in [2.24, 2.45) is 4.99 Å². The summed E-state index contributed by atoms with van der Waals surface area (Å²) in [5, 5.41) is 7.60. The molecule has 0 atom stereocenters. The number of anilines is 2. The van der Waals surface area contributed by atoms with E-state index in [2.05, 4.69) is 31.5 Å². The summed E-state index contributed by atoms with van der Waals surface area (Å²) in [7, 11) is 0. The highest BCUT2D eigenvalue weighted by Crippen LogP contribution is 2.37. The molecular formula is C17H16BrClN4. The smallest absolute Gasteiger partial charge is 0.138 e. The highest BCUT2D eigenvalue weighted by Gasteiger charge is 2.23. The van der Waals surface area contributed by atoms with Gasteiger partial charge in [0.1, 0.15) is 5.84 Å². The lowest BCUT2D eigenvalue weighted by molar-refractivity contribution is 0.358. The number of fused-ring (bicyclic) bond motifs is 2. The van der Waals surface area contributed by atoms with E-state index in [9.17, 15) is 0 Å². The average Bonchev–Trinajstić information content (AvgIpc) is 2.72. The number of rotatable bonds is 0. The molecule has 2 aromatic carbocycles. The number of hydrogen-bond donors (Lipinski definition) is 2. The van der Waals surface area contributed by atoms with Gasteiger partial charge in [0.05, 0.1) is 11.4 Å². The van der Waals surface area contributed by atoms with Crippen molar-refractivity contribution in [2.75, 3.05) is 31.5 Å². The summed E-state index contributed by atoms with van der Waals surface area (Å²) in [6.45, 7) is 3.81. The van der Waals surface area contributed by atoms with Crippen LogP contribution in [-0.4, -0.2) is 36.9 Å². The topological polar surface area (TPSA) is 39.7 Å². The first-order valence-electron chi connectivity index (χ1n) is 7.61. The van der Waals surface area contributed by atoms with Crippen LogP contribution in [0.1, 0.15) is 5.56 Å². The first-order valence-corrected chi connectivity index (χ1v) is 8.79. The van der Waals surface area contributed by atoms with Gasteiger partial charge in [-0.3, -0.25) is 0 Å². The molecule has 0 radical (unpaired) electrons. The number of nitrogens with one attached hydrogen (secondary N) is 2. The summed E-state index contributed by atoms with van der Waals surface area (Å²) >= 11 is 9.79. The Kier molecular flexibility index (Phi) is 4.01. The van der Waals surface area contributed by atoms with E-state index in [1.54, 1.807) is 0 Å². The Labute approximate surface area is 148 Å². The van der Waals surface area contributed by atoms with E-state index in [1.165, 1.54) is 0 Å². The highest BCUT2D eigenvalue weighted by atomic mass is 79.9. The Bertz CT molecular complexity index is 784. The van der Waals surface area contributed by atoms with Gasteiger partial charge in [0.2, 0.25) is 0 Å². The van der Waals surface area contributed by atoms with E-state index < -0.39 is 0 Å². The van der Waals surface area contributed by atoms with Gasteiger partial charge in [-0.1, -0.05) is 27.5 Å². The zero-order valence-corrected chi connectivity index (χ0v) is 14.8. The standard InChI is InChI=1S/C17H16BrClN4/c18-11-1-3-15-16(9-11)22-17(23-7-5-20-6-8-23)13-10-12(19)2-4-14(13)21-15/h1-4,9-10,20-21H,5-8H2.